The van der Waals surface area contributed by atoms with Crippen LogP contribution in [-0.4, -0.2) is 12.2 Å². The number of ether oxygens (including phenoxy) is 1. The minimum atomic E-state index is -1.32. The molecule has 2 rings (SSSR count). The fourth-order valence-electron chi connectivity index (χ4n) is 1.56. The lowest BCUT2D eigenvalue weighted by Crippen LogP contribution is -2.11. The summed E-state index contributed by atoms with van der Waals surface area (Å²) in [6.45, 7) is 0. The smallest absolute Gasteiger partial charge is 0.167 e. The van der Waals surface area contributed by atoms with Crippen molar-refractivity contribution in [3.8, 4) is 5.75 Å². The van der Waals surface area contributed by atoms with E-state index < -0.39 is 17.2 Å². The second kappa shape index (κ2) is 3.32. The van der Waals surface area contributed by atoms with Gasteiger partial charge in [-0.1, -0.05) is 11.6 Å². The number of hydrogen-bond donors (Lipinski definition) is 1. The molecule has 5 heteroatoms. The van der Waals surface area contributed by atoms with Gasteiger partial charge in [0.2, 0.25) is 0 Å². The lowest BCUT2D eigenvalue weighted by molar-refractivity contribution is 0.141. The number of benzene rings is 1. The number of rotatable bonds is 2. The molecule has 1 aliphatic rings. The summed E-state index contributed by atoms with van der Waals surface area (Å²) in [5.41, 5.74) is -1.49. The highest BCUT2D eigenvalue weighted by Gasteiger charge is 2.47. The Kier molecular flexibility index (Phi) is 2.35. The zero-order valence-electron chi connectivity index (χ0n) is 7.98. The quantitative estimate of drug-likeness (QED) is 0.797. The topological polar surface area (TPSA) is 29.5 Å². The van der Waals surface area contributed by atoms with E-state index in [4.69, 9.17) is 16.3 Å². The average molecular weight is 235 g/mol. The molecular formula is C10H9ClF2O2. The zero-order valence-corrected chi connectivity index (χ0v) is 8.74. The highest BCUT2D eigenvalue weighted by Crippen LogP contribution is 2.51. The summed E-state index contributed by atoms with van der Waals surface area (Å²) in [5.74, 6) is -1.84. The molecule has 0 radical (unpaired) electrons. The van der Waals surface area contributed by atoms with E-state index in [9.17, 15) is 13.9 Å². The fourth-order valence-corrected chi connectivity index (χ4v) is 1.75. The van der Waals surface area contributed by atoms with Gasteiger partial charge in [0.05, 0.1) is 23.3 Å². The third-order valence-corrected chi connectivity index (χ3v) is 2.79. The van der Waals surface area contributed by atoms with E-state index in [1.807, 2.05) is 0 Å². The molecule has 0 spiro atoms. The first-order chi connectivity index (χ1) is 6.99. The molecule has 1 aliphatic carbocycles. The van der Waals surface area contributed by atoms with E-state index in [-0.39, 0.29) is 16.3 Å². The minimum absolute atomic E-state index is 0.171. The first-order valence-electron chi connectivity index (χ1n) is 4.44. The van der Waals surface area contributed by atoms with E-state index >= 15 is 0 Å². The van der Waals surface area contributed by atoms with E-state index in [1.165, 1.54) is 7.11 Å². The third kappa shape index (κ3) is 1.58. The third-order valence-electron chi connectivity index (χ3n) is 2.52. The Labute approximate surface area is 90.4 Å². The number of aliphatic hydroxyl groups is 1. The van der Waals surface area contributed by atoms with Gasteiger partial charge in [-0.2, -0.15) is 0 Å². The molecule has 15 heavy (non-hydrogen) atoms. The van der Waals surface area contributed by atoms with Crippen LogP contribution in [0.25, 0.3) is 0 Å². The van der Waals surface area contributed by atoms with Crippen molar-refractivity contribution >= 4 is 11.6 Å². The van der Waals surface area contributed by atoms with Crippen molar-refractivity contribution in [3.05, 3.63) is 28.3 Å². The Morgan fingerprint density at radius 2 is 2.07 bits per heavy atom. The largest absolute Gasteiger partial charge is 0.493 e. The SMILES string of the molecule is COc1c(F)cc(Cl)c(F)c1C1(O)CC1. The molecule has 1 N–H and O–H groups in total. The van der Waals surface area contributed by atoms with Crippen molar-refractivity contribution in [2.24, 2.45) is 0 Å². The Morgan fingerprint density at radius 1 is 1.47 bits per heavy atom. The lowest BCUT2D eigenvalue weighted by atomic mass is 10.1. The molecule has 0 amide bonds. The Bertz CT molecular complexity index is 416. The van der Waals surface area contributed by atoms with Crippen LogP contribution in [0.2, 0.25) is 5.02 Å². The summed E-state index contributed by atoms with van der Waals surface area (Å²) in [7, 11) is 1.22. The molecule has 1 aromatic rings. The van der Waals surface area contributed by atoms with Gasteiger partial charge < -0.3 is 9.84 Å². The standard InChI is InChI=1S/C10H9ClF2O2/c1-15-9-6(12)4-5(11)8(13)7(9)10(14)2-3-10/h4,14H,2-3H2,1H3. The van der Waals surface area contributed by atoms with Crippen LogP contribution in [0.5, 0.6) is 5.75 Å². The Hall–Kier alpha value is -0.870. The maximum Gasteiger partial charge on any atom is 0.167 e. The van der Waals surface area contributed by atoms with Gasteiger partial charge >= 0.3 is 0 Å². The van der Waals surface area contributed by atoms with Crippen LogP contribution in [0.1, 0.15) is 18.4 Å². The number of methoxy groups -OCH3 is 1. The lowest BCUT2D eigenvalue weighted by Gasteiger charge is -2.15. The molecule has 82 valence electrons. The maximum atomic E-state index is 13.6. The molecule has 0 bridgehead atoms. The van der Waals surface area contributed by atoms with Crippen LogP contribution in [-0.2, 0) is 5.60 Å². The van der Waals surface area contributed by atoms with E-state index in [2.05, 4.69) is 0 Å². The van der Waals surface area contributed by atoms with Gasteiger partial charge in [0.15, 0.2) is 17.4 Å². The predicted octanol–water partition coefficient (Wildman–Crippen LogP) is 2.61. The minimum Gasteiger partial charge on any atom is -0.493 e. The summed E-state index contributed by atoms with van der Waals surface area (Å²) < 4.78 is 31.7. The second-order valence-corrected chi connectivity index (χ2v) is 4.00. The predicted molar refractivity (Wildman–Crippen MR) is 51.1 cm³/mol. The molecular weight excluding hydrogens is 226 g/mol. The Morgan fingerprint density at radius 3 is 2.53 bits per heavy atom. The van der Waals surface area contributed by atoms with Crippen LogP contribution in [0, 0.1) is 11.6 Å². The molecule has 0 aromatic heterocycles. The van der Waals surface area contributed by atoms with Gasteiger partial charge in [-0.15, -0.1) is 0 Å². The van der Waals surface area contributed by atoms with Crippen LogP contribution >= 0.6 is 11.6 Å². The first-order valence-corrected chi connectivity index (χ1v) is 4.82. The number of hydrogen-bond acceptors (Lipinski definition) is 2. The molecule has 0 unspecified atom stereocenters. The maximum absolute atomic E-state index is 13.6. The molecule has 1 fully saturated rings. The summed E-state index contributed by atoms with van der Waals surface area (Å²) in [5, 5.41) is 9.45. The molecule has 0 heterocycles. The van der Waals surface area contributed by atoms with Gasteiger partial charge in [-0.3, -0.25) is 0 Å². The van der Waals surface area contributed by atoms with Gasteiger partial charge in [0.1, 0.15) is 0 Å². The number of halogens is 3. The van der Waals surface area contributed by atoms with Crippen molar-refractivity contribution in [3.63, 3.8) is 0 Å². The van der Waals surface area contributed by atoms with Crippen molar-refractivity contribution in [1.29, 1.82) is 0 Å². The molecule has 2 nitrogen and oxygen atoms in total. The van der Waals surface area contributed by atoms with E-state index in [0.29, 0.717) is 12.8 Å². The zero-order chi connectivity index (χ0) is 11.2. The van der Waals surface area contributed by atoms with Gasteiger partial charge in [-0.25, -0.2) is 8.78 Å². The van der Waals surface area contributed by atoms with Gasteiger partial charge in [0, 0.05) is 0 Å². The normalized spacial score (nSPS) is 17.7. The summed E-state index contributed by atoms with van der Waals surface area (Å²) in [6, 6.07) is 0.838. The van der Waals surface area contributed by atoms with Gasteiger partial charge in [-0.05, 0) is 18.9 Å². The van der Waals surface area contributed by atoms with Crippen molar-refractivity contribution in [2.45, 2.75) is 18.4 Å². The van der Waals surface area contributed by atoms with E-state index in [0.717, 1.165) is 6.07 Å². The highest BCUT2D eigenvalue weighted by molar-refractivity contribution is 6.30. The monoisotopic (exact) mass is 234 g/mol. The fraction of sp³-hybridized carbons (Fsp3) is 0.400. The average Bonchev–Trinajstić information content (AvgIpc) is 2.90. The van der Waals surface area contributed by atoms with Crippen molar-refractivity contribution in [2.75, 3.05) is 7.11 Å². The molecule has 1 aromatic carbocycles. The molecule has 1 saturated carbocycles. The second-order valence-electron chi connectivity index (χ2n) is 3.59. The first kappa shape index (κ1) is 10.6. The molecule has 0 saturated heterocycles. The van der Waals surface area contributed by atoms with Crippen LogP contribution in [0.3, 0.4) is 0 Å². The summed E-state index contributed by atoms with van der Waals surface area (Å²) >= 11 is 5.50. The highest BCUT2D eigenvalue weighted by atomic mass is 35.5. The van der Waals surface area contributed by atoms with Crippen LogP contribution in [0.15, 0.2) is 6.07 Å². The molecule has 0 aliphatic heterocycles. The van der Waals surface area contributed by atoms with Crippen LogP contribution < -0.4 is 4.74 Å². The van der Waals surface area contributed by atoms with Crippen molar-refractivity contribution in [1.82, 2.24) is 0 Å². The summed E-state index contributed by atoms with van der Waals surface area (Å²) in [4.78, 5) is 0. The van der Waals surface area contributed by atoms with Crippen molar-refractivity contribution < 1.29 is 18.6 Å². The summed E-state index contributed by atoms with van der Waals surface area (Å²) in [6.07, 6.45) is 0.778. The van der Waals surface area contributed by atoms with Crippen LogP contribution in [0.4, 0.5) is 8.78 Å². The molecule has 0 atom stereocenters. The Balaban J connectivity index is 2.68. The van der Waals surface area contributed by atoms with E-state index in [1.54, 1.807) is 0 Å². The van der Waals surface area contributed by atoms with Gasteiger partial charge in [0.25, 0.3) is 0 Å².